The van der Waals surface area contributed by atoms with E-state index in [2.05, 4.69) is 175 Å². The number of para-hydroxylation sites is 1. The number of nitrogens with zero attached hydrogens (tertiary/aromatic N) is 2. The van der Waals surface area contributed by atoms with Gasteiger partial charge in [-0.15, -0.1) is 0 Å². The Morgan fingerprint density at radius 1 is 0.630 bits per heavy atom. The van der Waals surface area contributed by atoms with Crippen LogP contribution in [-0.2, 0) is 5.41 Å². The molecule has 4 heteroatoms. The third-order valence-corrected chi connectivity index (χ3v) is 10.0. The molecule has 0 amide bonds. The minimum Gasteiger partial charge on any atom is -0.317 e. The second-order valence-corrected chi connectivity index (χ2v) is 13.0. The molecule has 46 heavy (non-hydrogen) atoms. The zero-order valence-corrected chi connectivity index (χ0v) is 26.0. The Labute approximate surface area is 269 Å². The van der Waals surface area contributed by atoms with Gasteiger partial charge >= 0.3 is 0 Å². The predicted octanol–water partition coefficient (Wildman–Crippen LogP) is 8.40. The van der Waals surface area contributed by atoms with E-state index in [-0.39, 0.29) is 17.7 Å². The predicted molar refractivity (Wildman–Crippen MR) is 188 cm³/mol. The highest BCUT2D eigenvalue weighted by molar-refractivity contribution is 6.15. The lowest BCUT2D eigenvalue weighted by Gasteiger charge is -2.29. The molecule has 0 bridgehead atoms. The summed E-state index contributed by atoms with van der Waals surface area (Å²) in [6.45, 7) is 4.71. The average Bonchev–Trinajstić information content (AvgIpc) is 3.58. The molecule has 3 N–H and O–H groups in total. The fourth-order valence-corrected chi connectivity index (χ4v) is 7.72. The highest BCUT2D eigenvalue weighted by Gasteiger charge is 2.37. The van der Waals surface area contributed by atoms with Gasteiger partial charge in [0.05, 0.1) is 11.0 Å². The van der Waals surface area contributed by atoms with Crippen LogP contribution in [0.15, 0.2) is 151 Å². The van der Waals surface area contributed by atoms with Gasteiger partial charge in [0.25, 0.3) is 0 Å². The Morgan fingerprint density at radius 3 is 2.09 bits per heavy atom. The van der Waals surface area contributed by atoms with Crippen LogP contribution in [0.5, 0.6) is 0 Å². The van der Waals surface area contributed by atoms with Crippen LogP contribution in [0.3, 0.4) is 0 Å². The number of quaternary nitrogens is 1. The largest absolute Gasteiger partial charge is 0.317 e. The van der Waals surface area contributed by atoms with Gasteiger partial charge in [-0.3, -0.25) is 5.32 Å². The SMILES string of the molecule is CC1(C)c2ccccc2-c2c1ccc1c3ccccc3n(-c3ccc(C4=NC(c5ccccc5)[NH2+]C(c5ccccc5)N4)cc3)c21. The molecule has 2 unspecified atom stereocenters. The molecule has 7 aromatic rings. The van der Waals surface area contributed by atoms with Crippen LogP contribution >= 0.6 is 0 Å². The summed E-state index contributed by atoms with van der Waals surface area (Å²) >= 11 is 0. The van der Waals surface area contributed by atoms with Crippen molar-refractivity contribution in [1.82, 2.24) is 9.88 Å². The third-order valence-electron chi connectivity index (χ3n) is 10.0. The van der Waals surface area contributed by atoms with E-state index in [1.54, 1.807) is 0 Å². The first kappa shape index (κ1) is 26.9. The molecule has 2 aliphatic rings. The third kappa shape index (κ3) is 4.07. The average molecular weight is 596 g/mol. The summed E-state index contributed by atoms with van der Waals surface area (Å²) in [4.78, 5) is 5.22. The summed E-state index contributed by atoms with van der Waals surface area (Å²) in [5, 5.41) is 8.61. The molecule has 2 atom stereocenters. The Balaban J connectivity index is 1.19. The van der Waals surface area contributed by atoms with Gasteiger partial charge in [0.1, 0.15) is 5.84 Å². The summed E-state index contributed by atoms with van der Waals surface area (Å²) < 4.78 is 2.47. The molecule has 0 fully saturated rings. The first-order valence-corrected chi connectivity index (χ1v) is 16.1. The van der Waals surface area contributed by atoms with E-state index < -0.39 is 0 Å². The Morgan fingerprint density at radius 2 is 1.30 bits per heavy atom. The standard InChI is InChI=1S/C42H34N4/c1-42(2)34-19-11-9-18-33(34)37-35(42)26-25-32-31-17-10-12-20-36(31)46(38(32)37)30-23-21-29(22-24-30)41-44-39(27-13-5-3-6-14-27)43-40(45-41)28-15-7-4-8-16-28/h3-26,39-40,43H,1-2H3,(H,44,45)/p+1. The Kier molecular flexibility index (Phi) is 6.02. The molecule has 6 aromatic carbocycles. The van der Waals surface area contributed by atoms with Gasteiger partial charge in [0.2, 0.25) is 6.17 Å². The van der Waals surface area contributed by atoms with E-state index >= 15 is 0 Å². The van der Waals surface area contributed by atoms with Crippen LogP contribution < -0.4 is 10.6 Å². The van der Waals surface area contributed by atoms with Gasteiger partial charge < -0.3 is 9.88 Å². The maximum atomic E-state index is 5.22. The number of fused-ring (bicyclic) bond motifs is 7. The van der Waals surface area contributed by atoms with Crippen LogP contribution in [0, 0.1) is 0 Å². The Hall–Kier alpha value is -5.45. The van der Waals surface area contributed by atoms with Gasteiger partial charge in [0, 0.05) is 44.1 Å². The molecule has 4 nitrogen and oxygen atoms in total. The molecule has 0 saturated carbocycles. The molecular weight excluding hydrogens is 560 g/mol. The molecule has 1 aliphatic heterocycles. The second kappa shape index (κ2) is 10.3. The summed E-state index contributed by atoms with van der Waals surface area (Å²) in [6, 6.07) is 52.6. The maximum absolute atomic E-state index is 5.22. The monoisotopic (exact) mass is 595 g/mol. The minimum atomic E-state index is -0.0579. The van der Waals surface area contributed by atoms with Crippen LogP contribution in [0.4, 0.5) is 0 Å². The smallest absolute Gasteiger partial charge is 0.209 e. The quantitative estimate of drug-likeness (QED) is 0.211. The molecule has 222 valence electrons. The van der Waals surface area contributed by atoms with Crippen LogP contribution in [0.2, 0.25) is 0 Å². The highest BCUT2D eigenvalue weighted by atomic mass is 15.3. The number of hydrogen-bond acceptors (Lipinski definition) is 2. The van der Waals surface area contributed by atoms with Gasteiger partial charge in [-0.25, -0.2) is 4.99 Å². The van der Waals surface area contributed by atoms with Gasteiger partial charge in [-0.2, -0.15) is 0 Å². The van der Waals surface area contributed by atoms with Gasteiger partial charge in [-0.05, 0) is 47.0 Å². The number of rotatable bonds is 4. The summed E-state index contributed by atoms with van der Waals surface area (Å²) in [5.41, 5.74) is 12.6. The number of nitrogens with two attached hydrogens (primary N) is 1. The van der Waals surface area contributed by atoms with E-state index in [9.17, 15) is 0 Å². The zero-order chi connectivity index (χ0) is 30.8. The minimum absolute atomic E-state index is 0.0364. The van der Waals surface area contributed by atoms with Crippen LogP contribution in [0.1, 0.15) is 54.0 Å². The van der Waals surface area contributed by atoms with Crippen molar-refractivity contribution in [3.05, 3.63) is 173 Å². The Bertz CT molecular complexity index is 2280. The molecular formula is C42H35N4+. The zero-order valence-electron chi connectivity index (χ0n) is 26.0. The highest BCUT2D eigenvalue weighted by Crippen LogP contribution is 2.52. The van der Waals surface area contributed by atoms with Crippen molar-refractivity contribution in [3.8, 4) is 16.8 Å². The molecule has 2 heterocycles. The maximum Gasteiger partial charge on any atom is 0.209 e. The van der Waals surface area contributed by atoms with Crippen molar-refractivity contribution < 1.29 is 5.32 Å². The van der Waals surface area contributed by atoms with Crippen molar-refractivity contribution in [2.75, 3.05) is 0 Å². The molecule has 0 radical (unpaired) electrons. The van der Waals surface area contributed by atoms with Gasteiger partial charge in [0.15, 0.2) is 6.17 Å². The first-order valence-electron chi connectivity index (χ1n) is 16.1. The van der Waals surface area contributed by atoms with E-state index in [0.717, 1.165) is 17.1 Å². The topological polar surface area (TPSA) is 45.9 Å². The number of benzene rings is 6. The molecule has 1 aromatic heterocycles. The lowest BCUT2D eigenvalue weighted by Crippen LogP contribution is -2.90. The van der Waals surface area contributed by atoms with Crippen molar-refractivity contribution in [1.29, 1.82) is 0 Å². The second-order valence-electron chi connectivity index (χ2n) is 13.0. The lowest BCUT2D eigenvalue weighted by molar-refractivity contribution is -0.739. The number of nitrogens with one attached hydrogen (secondary N) is 1. The van der Waals surface area contributed by atoms with Crippen LogP contribution in [0.25, 0.3) is 38.6 Å². The fraction of sp³-hybridized carbons (Fsp3) is 0.119. The summed E-state index contributed by atoms with van der Waals surface area (Å²) in [6.07, 6.45) is 0.0209. The van der Waals surface area contributed by atoms with E-state index in [0.29, 0.717) is 0 Å². The van der Waals surface area contributed by atoms with Crippen molar-refractivity contribution in [2.45, 2.75) is 31.6 Å². The normalized spacial score (nSPS) is 18.2. The lowest BCUT2D eigenvalue weighted by atomic mass is 9.82. The summed E-state index contributed by atoms with van der Waals surface area (Å²) in [5.74, 6) is 0.913. The van der Waals surface area contributed by atoms with Gasteiger partial charge in [-0.1, -0.05) is 129 Å². The number of amidine groups is 1. The fourth-order valence-electron chi connectivity index (χ4n) is 7.72. The molecule has 1 aliphatic carbocycles. The molecule has 0 spiro atoms. The molecule has 9 rings (SSSR count). The van der Waals surface area contributed by atoms with Crippen molar-refractivity contribution in [2.24, 2.45) is 4.99 Å². The van der Waals surface area contributed by atoms with Crippen molar-refractivity contribution >= 4 is 27.6 Å². The van der Waals surface area contributed by atoms with E-state index in [4.69, 9.17) is 4.99 Å². The first-order chi connectivity index (χ1) is 22.6. The number of hydrogen-bond donors (Lipinski definition) is 2. The van der Waals surface area contributed by atoms with E-state index in [1.807, 2.05) is 0 Å². The summed E-state index contributed by atoms with van der Waals surface area (Å²) in [7, 11) is 0. The number of aromatic nitrogens is 1. The van der Waals surface area contributed by atoms with Crippen LogP contribution in [-0.4, -0.2) is 10.4 Å². The molecule has 0 saturated heterocycles. The van der Waals surface area contributed by atoms with Crippen molar-refractivity contribution in [3.63, 3.8) is 0 Å². The van der Waals surface area contributed by atoms with E-state index in [1.165, 1.54) is 55.2 Å². The number of aliphatic imine (C=N–C) groups is 1.